The summed E-state index contributed by atoms with van der Waals surface area (Å²) in [6, 6.07) is 4.61. The van der Waals surface area contributed by atoms with Gasteiger partial charge in [0.2, 0.25) is 0 Å². The molecule has 7 nitrogen and oxygen atoms in total. The number of aromatic nitrogens is 5. The number of ether oxygens (including phenoxy) is 1. The summed E-state index contributed by atoms with van der Waals surface area (Å²) in [4.78, 5) is 7.26. The molecule has 1 atom stereocenters. The molecular formula is C21H28N6O. The second-order valence-corrected chi connectivity index (χ2v) is 8.16. The van der Waals surface area contributed by atoms with E-state index in [9.17, 15) is 0 Å². The van der Waals surface area contributed by atoms with Crippen LogP contribution in [0.15, 0.2) is 18.3 Å². The highest BCUT2D eigenvalue weighted by Gasteiger charge is 2.27. The van der Waals surface area contributed by atoms with E-state index in [-0.39, 0.29) is 0 Å². The molecule has 28 heavy (non-hydrogen) atoms. The quantitative estimate of drug-likeness (QED) is 0.750. The molecule has 0 spiro atoms. The van der Waals surface area contributed by atoms with Gasteiger partial charge in [-0.1, -0.05) is 19.3 Å². The second-order valence-electron chi connectivity index (χ2n) is 8.16. The minimum Gasteiger partial charge on any atom is -0.377 e. The Labute approximate surface area is 165 Å². The van der Waals surface area contributed by atoms with Crippen LogP contribution in [0.3, 0.4) is 0 Å². The van der Waals surface area contributed by atoms with Gasteiger partial charge in [-0.15, -0.1) is 5.10 Å². The Hall–Kier alpha value is -2.41. The maximum atomic E-state index is 5.65. The van der Waals surface area contributed by atoms with Gasteiger partial charge >= 0.3 is 0 Å². The smallest absolute Gasteiger partial charge is 0.179 e. The van der Waals surface area contributed by atoms with Crippen molar-refractivity contribution in [1.29, 1.82) is 0 Å². The lowest BCUT2D eigenvalue weighted by Crippen LogP contribution is -2.44. The van der Waals surface area contributed by atoms with Crippen molar-refractivity contribution < 1.29 is 4.74 Å². The van der Waals surface area contributed by atoms with E-state index in [1.54, 1.807) is 6.20 Å². The van der Waals surface area contributed by atoms with Crippen LogP contribution < -0.4 is 4.90 Å². The molecule has 4 heterocycles. The molecule has 1 aliphatic carbocycles. The molecule has 5 rings (SSSR count). The highest BCUT2D eigenvalue weighted by atomic mass is 16.5. The molecule has 2 aliphatic rings. The van der Waals surface area contributed by atoms with Gasteiger partial charge in [0.05, 0.1) is 30.5 Å². The third-order valence-electron chi connectivity index (χ3n) is 6.24. The number of nitrogens with one attached hydrogen (secondary N) is 1. The first-order chi connectivity index (χ1) is 13.7. The Bertz CT molecular complexity index is 957. The summed E-state index contributed by atoms with van der Waals surface area (Å²) in [6.07, 6.45) is 8.24. The number of imidazole rings is 1. The molecule has 148 valence electrons. The predicted octanol–water partition coefficient (Wildman–Crippen LogP) is 3.70. The Morgan fingerprint density at radius 2 is 2.07 bits per heavy atom. The first kappa shape index (κ1) is 17.7. The van der Waals surface area contributed by atoms with Crippen LogP contribution in [0.2, 0.25) is 0 Å². The summed E-state index contributed by atoms with van der Waals surface area (Å²) >= 11 is 0. The van der Waals surface area contributed by atoms with Crippen LogP contribution in [-0.4, -0.2) is 50.6 Å². The summed E-state index contributed by atoms with van der Waals surface area (Å²) < 4.78 is 7.70. The zero-order valence-electron chi connectivity index (χ0n) is 16.7. The summed E-state index contributed by atoms with van der Waals surface area (Å²) in [5.74, 6) is 2.45. The minimum atomic E-state index is 0.318. The summed E-state index contributed by atoms with van der Waals surface area (Å²) in [7, 11) is 0. The van der Waals surface area contributed by atoms with E-state index in [2.05, 4.69) is 35.0 Å². The van der Waals surface area contributed by atoms with Gasteiger partial charge in [0, 0.05) is 12.7 Å². The molecule has 0 radical (unpaired) electrons. The van der Waals surface area contributed by atoms with Crippen LogP contribution in [0.25, 0.3) is 17.0 Å². The SMILES string of the molecule is Cc1nc(-c2ccn[nH]2)n2nc(N3CCOC[C@H]3C)cc(C3CCCCC3)c12. The average Bonchev–Trinajstić information content (AvgIpc) is 3.37. The fraction of sp³-hybridized carbons (Fsp3) is 0.571. The molecule has 3 aromatic rings. The van der Waals surface area contributed by atoms with Crippen LogP contribution in [-0.2, 0) is 4.74 Å². The van der Waals surface area contributed by atoms with Gasteiger partial charge in [-0.25, -0.2) is 9.50 Å². The van der Waals surface area contributed by atoms with Crippen LogP contribution >= 0.6 is 0 Å². The van der Waals surface area contributed by atoms with Crippen molar-refractivity contribution in [2.24, 2.45) is 0 Å². The third kappa shape index (κ3) is 2.98. The van der Waals surface area contributed by atoms with Gasteiger partial charge in [0.25, 0.3) is 0 Å². The molecule has 1 saturated carbocycles. The molecule has 7 heteroatoms. The molecule has 1 saturated heterocycles. The Morgan fingerprint density at radius 1 is 1.21 bits per heavy atom. The van der Waals surface area contributed by atoms with Crippen LogP contribution in [0.1, 0.15) is 56.2 Å². The van der Waals surface area contributed by atoms with E-state index < -0.39 is 0 Å². The van der Waals surface area contributed by atoms with E-state index in [1.165, 1.54) is 43.2 Å². The number of morpholine rings is 1. The first-order valence-electron chi connectivity index (χ1n) is 10.5. The minimum absolute atomic E-state index is 0.318. The van der Waals surface area contributed by atoms with Crippen molar-refractivity contribution in [3.8, 4) is 11.5 Å². The number of H-pyrrole nitrogens is 1. The molecule has 0 amide bonds. The molecule has 0 aromatic carbocycles. The van der Waals surface area contributed by atoms with Gasteiger partial charge in [-0.3, -0.25) is 5.10 Å². The van der Waals surface area contributed by atoms with E-state index in [4.69, 9.17) is 14.8 Å². The third-order valence-corrected chi connectivity index (χ3v) is 6.24. The number of rotatable bonds is 3. The van der Waals surface area contributed by atoms with Gasteiger partial charge in [-0.05, 0) is 50.3 Å². The first-order valence-corrected chi connectivity index (χ1v) is 10.5. The van der Waals surface area contributed by atoms with Crippen molar-refractivity contribution in [2.45, 2.75) is 57.9 Å². The number of nitrogens with zero attached hydrogens (tertiary/aromatic N) is 5. The Balaban J connectivity index is 1.71. The van der Waals surface area contributed by atoms with Gasteiger partial charge < -0.3 is 9.64 Å². The highest BCUT2D eigenvalue weighted by molar-refractivity contribution is 5.68. The largest absolute Gasteiger partial charge is 0.377 e. The summed E-state index contributed by atoms with van der Waals surface area (Å²) in [5, 5.41) is 12.2. The van der Waals surface area contributed by atoms with Gasteiger partial charge in [-0.2, -0.15) is 5.10 Å². The lowest BCUT2D eigenvalue weighted by molar-refractivity contribution is 0.0984. The zero-order valence-corrected chi connectivity index (χ0v) is 16.7. The number of anilines is 1. The summed E-state index contributed by atoms with van der Waals surface area (Å²) in [5.41, 5.74) is 4.51. The molecule has 1 aliphatic heterocycles. The maximum absolute atomic E-state index is 5.65. The molecule has 3 aromatic heterocycles. The second kappa shape index (κ2) is 7.20. The van der Waals surface area contributed by atoms with Crippen molar-refractivity contribution >= 4 is 11.3 Å². The maximum Gasteiger partial charge on any atom is 0.179 e. The highest BCUT2D eigenvalue weighted by Crippen LogP contribution is 2.38. The Morgan fingerprint density at radius 3 is 2.82 bits per heavy atom. The molecule has 0 unspecified atom stereocenters. The van der Waals surface area contributed by atoms with Crippen molar-refractivity contribution in [3.63, 3.8) is 0 Å². The lowest BCUT2D eigenvalue weighted by Gasteiger charge is -2.35. The van der Waals surface area contributed by atoms with Crippen molar-refractivity contribution in [3.05, 3.63) is 29.6 Å². The molecule has 2 fully saturated rings. The topological polar surface area (TPSA) is 71.3 Å². The standard InChI is InChI=1S/C21H28N6O/c1-14-13-28-11-10-26(14)19-12-17(16-6-4-3-5-7-16)20-15(2)23-21(27(20)25-19)18-8-9-22-24-18/h8-9,12,14,16H,3-7,10-11,13H2,1-2H3,(H,22,24)/t14-/m1/s1. The number of fused-ring (bicyclic) bond motifs is 1. The van der Waals surface area contributed by atoms with Crippen LogP contribution in [0.5, 0.6) is 0 Å². The van der Waals surface area contributed by atoms with Gasteiger partial charge in [0.15, 0.2) is 5.82 Å². The van der Waals surface area contributed by atoms with Gasteiger partial charge in [0.1, 0.15) is 11.5 Å². The van der Waals surface area contributed by atoms with E-state index in [0.29, 0.717) is 12.0 Å². The molecule has 1 N–H and O–H groups in total. The lowest BCUT2D eigenvalue weighted by atomic mass is 9.84. The van der Waals surface area contributed by atoms with Crippen LogP contribution in [0, 0.1) is 6.92 Å². The van der Waals surface area contributed by atoms with E-state index >= 15 is 0 Å². The Kier molecular flexibility index (Phi) is 4.55. The fourth-order valence-corrected chi connectivity index (χ4v) is 4.77. The average molecular weight is 380 g/mol. The number of hydrogen-bond donors (Lipinski definition) is 1. The zero-order chi connectivity index (χ0) is 19.1. The summed E-state index contributed by atoms with van der Waals surface area (Å²) in [6.45, 7) is 6.67. The van der Waals surface area contributed by atoms with E-state index in [0.717, 1.165) is 42.8 Å². The van der Waals surface area contributed by atoms with Crippen molar-refractivity contribution in [1.82, 2.24) is 24.8 Å². The monoisotopic (exact) mass is 380 g/mol. The number of aryl methyl sites for hydroxylation is 1. The fourth-order valence-electron chi connectivity index (χ4n) is 4.77. The molecular weight excluding hydrogens is 352 g/mol. The molecule has 0 bridgehead atoms. The number of aromatic amines is 1. The van der Waals surface area contributed by atoms with E-state index in [1.807, 2.05) is 10.6 Å². The number of hydrogen-bond acceptors (Lipinski definition) is 5. The predicted molar refractivity (Wildman–Crippen MR) is 109 cm³/mol. The normalized spacial score (nSPS) is 21.5. The van der Waals surface area contributed by atoms with Crippen molar-refractivity contribution in [2.75, 3.05) is 24.7 Å². The van der Waals surface area contributed by atoms with Crippen LogP contribution in [0.4, 0.5) is 5.82 Å².